The molecule has 2 heterocycles. The van der Waals surface area contributed by atoms with Crippen molar-refractivity contribution in [1.29, 1.82) is 0 Å². The van der Waals surface area contributed by atoms with Crippen LogP contribution in [0.2, 0.25) is 0 Å². The monoisotopic (exact) mass is 657 g/mol. The van der Waals surface area contributed by atoms with Gasteiger partial charge in [-0.05, 0) is 34.4 Å². The number of ether oxygens (including phenoxy) is 6. The van der Waals surface area contributed by atoms with Crippen molar-refractivity contribution in [2.75, 3.05) is 6.61 Å². The van der Waals surface area contributed by atoms with Gasteiger partial charge in [-0.1, -0.05) is 133 Å². The molecule has 0 unspecified atom stereocenters. The molecule has 1 fully saturated rings. The third kappa shape index (κ3) is 8.80. The van der Waals surface area contributed by atoms with E-state index < -0.39 is 30.7 Å². The van der Waals surface area contributed by atoms with E-state index in [0.717, 1.165) is 22.3 Å². The lowest BCUT2D eigenvalue weighted by atomic mass is 9.97. The van der Waals surface area contributed by atoms with Gasteiger partial charge in [0.1, 0.15) is 29.9 Å². The Hall–Kier alpha value is -4.83. The van der Waals surface area contributed by atoms with Crippen molar-refractivity contribution < 1.29 is 32.8 Å². The van der Waals surface area contributed by atoms with Crippen LogP contribution in [0, 0.1) is 0 Å². The van der Waals surface area contributed by atoms with Crippen molar-refractivity contribution in [1.82, 2.24) is 4.98 Å². The van der Waals surface area contributed by atoms with Crippen molar-refractivity contribution in [2.24, 2.45) is 0 Å². The van der Waals surface area contributed by atoms with E-state index in [-0.39, 0.29) is 12.7 Å². The summed E-state index contributed by atoms with van der Waals surface area (Å²) in [5, 5.41) is 0. The minimum atomic E-state index is -0.959. The summed E-state index contributed by atoms with van der Waals surface area (Å²) in [5.41, 5.74) is 5.39. The van der Waals surface area contributed by atoms with Crippen LogP contribution in [0.3, 0.4) is 0 Å². The first-order valence-corrected chi connectivity index (χ1v) is 16.5. The summed E-state index contributed by atoms with van der Waals surface area (Å²) in [5.74, 6) is 0. The maximum Gasteiger partial charge on any atom is 0.397 e. The topological polar surface area (TPSA) is 81.4 Å². The fraction of sp³-hybridized carbons (Fsp3) is 0.244. The molecule has 5 atom stereocenters. The first kappa shape index (κ1) is 32.7. The number of hydrogen-bond donors (Lipinski definition) is 0. The van der Waals surface area contributed by atoms with E-state index in [2.05, 4.69) is 4.98 Å². The molecule has 5 aromatic carbocycles. The summed E-state index contributed by atoms with van der Waals surface area (Å²) in [6, 6.07) is 47.6. The predicted molar refractivity (Wildman–Crippen MR) is 184 cm³/mol. The molecule has 0 N–H and O–H groups in total. The van der Waals surface area contributed by atoms with Gasteiger partial charge in [0.15, 0.2) is 5.58 Å². The Morgan fingerprint density at radius 2 is 0.959 bits per heavy atom. The molecule has 250 valence electrons. The highest BCUT2D eigenvalue weighted by Gasteiger charge is 2.50. The molecule has 0 aliphatic carbocycles. The van der Waals surface area contributed by atoms with E-state index in [9.17, 15) is 0 Å². The largest absolute Gasteiger partial charge is 0.417 e. The Labute approximate surface area is 286 Å². The van der Waals surface area contributed by atoms with Crippen LogP contribution in [-0.4, -0.2) is 42.3 Å². The number of hydrogen-bond acceptors (Lipinski definition) is 8. The lowest BCUT2D eigenvalue weighted by molar-refractivity contribution is -0.312. The molecule has 1 aliphatic rings. The standard InChI is InChI=1S/C41H39NO7/c1-5-15-30(16-6-1)25-43-29-36-37(44-26-31-17-7-2-8-18-31)38(45-27-32-19-9-3-10-20-32)39(46-28-33-21-11-4-12-22-33)40(47-36)49-41-42-34-23-13-14-24-35(34)48-41/h1-24,36-40H,25-29H2/t36-,37-,38+,39+,40-/m1/s1. The third-order valence-corrected chi connectivity index (χ3v) is 8.33. The van der Waals surface area contributed by atoms with Gasteiger partial charge in [-0.25, -0.2) is 0 Å². The zero-order chi connectivity index (χ0) is 33.1. The van der Waals surface area contributed by atoms with Crippen LogP contribution >= 0.6 is 0 Å². The third-order valence-electron chi connectivity index (χ3n) is 8.33. The van der Waals surface area contributed by atoms with Crippen molar-refractivity contribution in [2.45, 2.75) is 57.1 Å². The zero-order valence-electron chi connectivity index (χ0n) is 27.1. The molecule has 1 saturated heterocycles. The molecule has 0 bridgehead atoms. The van der Waals surface area contributed by atoms with Gasteiger partial charge in [0.05, 0.1) is 33.0 Å². The molecule has 1 aliphatic heterocycles. The highest BCUT2D eigenvalue weighted by molar-refractivity contribution is 5.72. The first-order valence-electron chi connectivity index (χ1n) is 16.5. The van der Waals surface area contributed by atoms with Crippen molar-refractivity contribution in [3.8, 4) is 6.08 Å². The molecule has 8 heteroatoms. The van der Waals surface area contributed by atoms with Crippen LogP contribution in [0.25, 0.3) is 11.1 Å². The van der Waals surface area contributed by atoms with Gasteiger partial charge in [0.25, 0.3) is 0 Å². The number of benzene rings is 5. The Morgan fingerprint density at radius 1 is 0.490 bits per heavy atom. The SMILES string of the molecule is c1ccc(COC[C@H]2O[C@H](Oc3nc4ccccc4o3)[C@@H](OCc3ccccc3)[C@@H](OCc3ccccc3)[C@@H]2OCc2ccccc2)cc1. The number of para-hydroxylation sites is 2. The Bertz CT molecular complexity index is 1800. The molecule has 1 aromatic heterocycles. The minimum absolute atomic E-state index is 0.0777. The number of fused-ring (bicyclic) bond motifs is 1. The number of aromatic nitrogens is 1. The predicted octanol–water partition coefficient (Wildman–Crippen LogP) is 7.90. The Balaban J connectivity index is 1.21. The van der Waals surface area contributed by atoms with Gasteiger partial charge in [-0.2, -0.15) is 4.98 Å². The molecule has 0 spiro atoms. The highest BCUT2D eigenvalue weighted by atomic mass is 16.8. The fourth-order valence-electron chi connectivity index (χ4n) is 5.84. The average Bonchev–Trinajstić information content (AvgIpc) is 3.57. The molecule has 0 amide bonds. The van der Waals surface area contributed by atoms with Gasteiger partial charge < -0.3 is 32.8 Å². The van der Waals surface area contributed by atoms with Crippen LogP contribution in [0.4, 0.5) is 0 Å². The lowest BCUT2D eigenvalue weighted by Gasteiger charge is -2.45. The van der Waals surface area contributed by atoms with Crippen LogP contribution in [0.1, 0.15) is 22.3 Å². The second-order valence-electron chi connectivity index (χ2n) is 11.9. The summed E-state index contributed by atoms with van der Waals surface area (Å²) in [6.07, 6.45) is -3.40. The van der Waals surface area contributed by atoms with Gasteiger partial charge in [0.2, 0.25) is 6.29 Å². The number of oxazole rings is 1. The molecule has 6 aromatic rings. The van der Waals surface area contributed by atoms with E-state index >= 15 is 0 Å². The minimum Gasteiger partial charge on any atom is -0.417 e. The van der Waals surface area contributed by atoms with Crippen molar-refractivity contribution in [3.05, 3.63) is 168 Å². The normalized spacial score (nSPS) is 20.7. The summed E-state index contributed by atoms with van der Waals surface area (Å²) in [4.78, 5) is 4.57. The van der Waals surface area contributed by atoms with Crippen molar-refractivity contribution >= 4 is 11.1 Å². The quantitative estimate of drug-likeness (QED) is 0.110. The van der Waals surface area contributed by atoms with E-state index in [0.29, 0.717) is 37.5 Å². The summed E-state index contributed by atoms with van der Waals surface area (Å²) < 4.78 is 45.5. The average molecular weight is 658 g/mol. The Kier molecular flexibility index (Phi) is 11.0. The van der Waals surface area contributed by atoms with Gasteiger partial charge in [-0.3, -0.25) is 0 Å². The molecule has 0 saturated carbocycles. The van der Waals surface area contributed by atoms with E-state index in [1.165, 1.54) is 0 Å². The van der Waals surface area contributed by atoms with Gasteiger partial charge in [-0.15, -0.1) is 0 Å². The van der Waals surface area contributed by atoms with Crippen molar-refractivity contribution in [3.63, 3.8) is 0 Å². The summed E-state index contributed by atoms with van der Waals surface area (Å²) in [6.45, 7) is 1.60. The highest BCUT2D eigenvalue weighted by Crippen LogP contribution is 2.33. The van der Waals surface area contributed by atoms with Crippen LogP contribution < -0.4 is 4.74 Å². The number of nitrogens with zero attached hydrogens (tertiary/aromatic N) is 1. The maximum atomic E-state index is 6.78. The van der Waals surface area contributed by atoms with Crippen LogP contribution in [-0.2, 0) is 50.1 Å². The second-order valence-corrected chi connectivity index (χ2v) is 11.9. The molecule has 7 rings (SSSR count). The first-order chi connectivity index (χ1) is 24.3. The van der Waals surface area contributed by atoms with Crippen LogP contribution in [0.5, 0.6) is 6.08 Å². The second kappa shape index (κ2) is 16.5. The van der Waals surface area contributed by atoms with Gasteiger partial charge >= 0.3 is 6.08 Å². The summed E-state index contributed by atoms with van der Waals surface area (Å²) in [7, 11) is 0. The zero-order valence-corrected chi connectivity index (χ0v) is 27.1. The lowest BCUT2D eigenvalue weighted by Crippen LogP contribution is -2.62. The fourth-order valence-corrected chi connectivity index (χ4v) is 5.84. The maximum absolute atomic E-state index is 6.78. The molecule has 49 heavy (non-hydrogen) atoms. The van der Waals surface area contributed by atoms with Crippen LogP contribution in [0.15, 0.2) is 150 Å². The van der Waals surface area contributed by atoms with Gasteiger partial charge in [0, 0.05) is 0 Å². The van der Waals surface area contributed by atoms with E-state index in [1.807, 2.05) is 146 Å². The van der Waals surface area contributed by atoms with E-state index in [4.69, 9.17) is 32.8 Å². The molecular formula is C41H39NO7. The molecule has 0 radical (unpaired) electrons. The van der Waals surface area contributed by atoms with E-state index in [1.54, 1.807) is 0 Å². The Morgan fingerprint density at radius 3 is 1.51 bits per heavy atom. The molecular weight excluding hydrogens is 618 g/mol. The smallest absolute Gasteiger partial charge is 0.397 e. The summed E-state index contributed by atoms with van der Waals surface area (Å²) >= 11 is 0. The number of rotatable bonds is 15. The molecule has 8 nitrogen and oxygen atoms in total.